The Labute approximate surface area is 177 Å². The predicted octanol–water partition coefficient (Wildman–Crippen LogP) is 4.62. The third-order valence-corrected chi connectivity index (χ3v) is 5.32. The maximum absolute atomic E-state index is 12.6. The number of nitrogens with one attached hydrogen (secondary N) is 2. The number of carbonyl (C=O) groups excluding carboxylic acids is 2. The fourth-order valence-electron chi connectivity index (χ4n) is 2.46. The first kappa shape index (κ1) is 22.9. The second kappa shape index (κ2) is 9.89. The number of carbonyl (C=O) groups is 2. The van der Waals surface area contributed by atoms with Gasteiger partial charge in [-0.1, -0.05) is 20.8 Å². The van der Waals surface area contributed by atoms with E-state index in [2.05, 4.69) is 15.5 Å². The van der Waals surface area contributed by atoms with Crippen molar-refractivity contribution in [3.8, 4) is 5.75 Å². The van der Waals surface area contributed by atoms with E-state index in [0.717, 1.165) is 24.3 Å². The number of hydrogen-bond acceptors (Lipinski definition) is 5. The number of rotatable bonds is 8. The Balaban J connectivity index is 1.94. The molecule has 0 aliphatic heterocycles. The van der Waals surface area contributed by atoms with Gasteiger partial charge in [-0.3, -0.25) is 9.59 Å². The molecule has 0 aliphatic carbocycles. The zero-order valence-electron chi connectivity index (χ0n) is 18.1. The molecule has 158 valence electrons. The number of nitrogens with zero attached hydrogens (tertiary/aromatic N) is 1. The van der Waals surface area contributed by atoms with E-state index in [1.165, 1.54) is 11.3 Å². The average Bonchev–Trinajstić information content (AvgIpc) is 2.99. The minimum absolute atomic E-state index is 0.0770. The van der Waals surface area contributed by atoms with Crippen LogP contribution in [-0.4, -0.2) is 44.0 Å². The molecule has 6 nitrogen and oxygen atoms in total. The van der Waals surface area contributed by atoms with E-state index in [-0.39, 0.29) is 11.8 Å². The average molecular weight is 418 g/mol. The normalized spacial score (nSPS) is 11.4. The van der Waals surface area contributed by atoms with Crippen molar-refractivity contribution >= 4 is 33.8 Å². The van der Waals surface area contributed by atoms with Gasteiger partial charge in [-0.25, -0.2) is 0 Å². The van der Waals surface area contributed by atoms with Crippen LogP contribution in [0.1, 0.15) is 42.4 Å². The zero-order chi connectivity index (χ0) is 21.6. The van der Waals surface area contributed by atoms with Crippen molar-refractivity contribution in [2.45, 2.75) is 34.1 Å². The van der Waals surface area contributed by atoms with Crippen molar-refractivity contribution < 1.29 is 14.3 Å². The number of hydrogen-bond donors (Lipinski definition) is 2. The Hall–Kier alpha value is -2.38. The highest BCUT2D eigenvalue weighted by atomic mass is 32.1. The lowest BCUT2D eigenvalue weighted by Gasteiger charge is -2.16. The van der Waals surface area contributed by atoms with Crippen molar-refractivity contribution in [3.05, 3.63) is 40.8 Å². The third-order valence-electron chi connectivity index (χ3n) is 4.17. The molecule has 7 heteroatoms. The molecule has 0 radical (unpaired) electrons. The fraction of sp³-hybridized carbons (Fsp3) is 0.455. The van der Waals surface area contributed by atoms with Crippen LogP contribution in [0, 0.1) is 12.3 Å². The molecule has 0 saturated heterocycles. The van der Waals surface area contributed by atoms with E-state index < -0.39 is 5.41 Å². The highest BCUT2D eigenvalue weighted by molar-refractivity contribution is 7.18. The van der Waals surface area contributed by atoms with Gasteiger partial charge in [0, 0.05) is 17.6 Å². The molecular formula is C22H31N3O3S. The van der Waals surface area contributed by atoms with Crippen molar-refractivity contribution in [2.75, 3.05) is 37.9 Å². The van der Waals surface area contributed by atoms with Gasteiger partial charge in [-0.05, 0) is 63.3 Å². The van der Waals surface area contributed by atoms with Crippen molar-refractivity contribution in [1.29, 1.82) is 0 Å². The fourth-order valence-corrected chi connectivity index (χ4v) is 3.42. The molecule has 0 fully saturated rings. The van der Waals surface area contributed by atoms with Crippen LogP contribution in [0.4, 0.5) is 10.7 Å². The standard InChI is InChI=1S/C22H31N3O3S/c1-15-14-18(24-21(27)22(2,3)4)29-19(15)20(26)23-16-8-10-17(11-9-16)28-13-7-12-25(5)6/h8-11,14H,7,12-13H2,1-6H3,(H,23,26)(H,24,27). The highest BCUT2D eigenvalue weighted by Gasteiger charge is 2.23. The van der Waals surface area contributed by atoms with Gasteiger partial charge in [-0.2, -0.15) is 0 Å². The number of benzene rings is 1. The number of amides is 2. The molecule has 29 heavy (non-hydrogen) atoms. The summed E-state index contributed by atoms with van der Waals surface area (Å²) in [6.45, 7) is 9.06. The van der Waals surface area contributed by atoms with Gasteiger partial charge in [0.05, 0.1) is 16.5 Å². The first-order valence-electron chi connectivity index (χ1n) is 9.67. The van der Waals surface area contributed by atoms with Gasteiger partial charge in [0.1, 0.15) is 5.75 Å². The van der Waals surface area contributed by atoms with E-state index in [0.29, 0.717) is 22.2 Å². The summed E-state index contributed by atoms with van der Waals surface area (Å²) in [7, 11) is 4.07. The summed E-state index contributed by atoms with van der Waals surface area (Å²) in [5.74, 6) is 0.511. The van der Waals surface area contributed by atoms with E-state index in [1.54, 1.807) is 0 Å². The summed E-state index contributed by atoms with van der Waals surface area (Å²) in [4.78, 5) is 27.5. The first-order chi connectivity index (χ1) is 13.6. The molecule has 2 amide bonds. The molecule has 2 aromatic rings. The predicted molar refractivity (Wildman–Crippen MR) is 120 cm³/mol. The molecule has 0 spiro atoms. The summed E-state index contributed by atoms with van der Waals surface area (Å²) >= 11 is 1.28. The molecule has 0 saturated carbocycles. The molecule has 0 aliphatic rings. The SMILES string of the molecule is Cc1cc(NC(=O)C(C)(C)C)sc1C(=O)Nc1ccc(OCCCN(C)C)cc1. The lowest BCUT2D eigenvalue weighted by Crippen LogP contribution is -2.27. The van der Waals surface area contributed by atoms with E-state index in [1.807, 2.05) is 72.1 Å². The molecule has 2 N–H and O–H groups in total. The molecule has 0 unspecified atom stereocenters. The maximum Gasteiger partial charge on any atom is 0.266 e. The van der Waals surface area contributed by atoms with Crippen LogP contribution in [0.15, 0.2) is 30.3 Å². The summed E-state index contributed by atoms with van der Waals surface area (Å²) in [6.07, 6.45) is 0.956. The minimum Gasteiger partial charge on any atom is -0.494 e. The number of aryl methyl sites for hydroxylation is 1. The molecule has 0 atom stereocenters. The highest BCUT2D eigenvalue weighted by Crippen LogP contribution is 2.29. The summed E-state index contributed by atoms with van der Waals surface area (Å²) in [5.41, 5.74) is 1.04. The molecule has 1 heterocycles. The van der Waals surface area contributed by atoms with Crippen LogP contribution < -0.4 is 15.4 Å². The largest absolute Gasteiger partial charge is 0.494 e. The molecule has 1 aromatic carbocycles. The molecule has 2 rings (SSSR count). The van der Waals surface area contributed by atoms with E-state index in [4.69, 9.17) is 4.74 Å². The van der Waals surface area contributed by atoms with Gasteiger partial charge in [-0.15, -0.1) is 11.3 Å². The Morgan fingerprint density at radius 2 is 1.76 bits per heavy atom. The van der Waals surface area contributed by atoms with Gasteiger partial charge in [0.15, 0.2) is 0 Å². The second-order valence-electron chi connectivity index (χ2n) is 8.31. The van der Waals surface area contributed by atoms with Gasteiger partial charge in [0.25, 0.3) is 5.91 Å². The van der Waals surface area contributed by atoms with Crippen LogP contribution in [-0.2, 0) is 4.79 Å². The number of thiophene rings is 1. The van der Waals surface area contributed by atoms with E-state index in [9.17, 15) is 9.59 Å². The van der Waals surface area contributed by atoms with Crippen LogP contribution in [0.3, 0.4) is 0 Å². The van der Waals surface area contributed by atoms with Crippen LogP contribution >= 0.6 is 11.3 Å². The quantitative estimate of drug-likeness (QED) is 0.615. The van der Waals surface area contributed by atoms with Crippen LogP contribution in [0.5, 0.6) is 5.75 Å². The Morgan fingerprint density at radius 3 is 2.34 bits per heavy atom. The van der Waals surface area contributed by atoms with Gasteiger partial charge >= 0.3 is 0 Å². The minimum atomic E-state index is -0.489. The molecule has 0 bridgehead atoms. The van der Waals surface area contributed by atoms with Crippen molar-refractivity contribution in [1.82, 2.24) is 4.90 Å². The third kappa shape index (κ3) is 7.18. The topological polar surface area (TPSA) is 70.7 Å². The van der Waals surface area contributed by atoms with Crippen LogP contribution in [0.25, 0.3) is 0 Å². The molecule has 1 aromatic heterocycles. The van der Waals surface area contributed by atoms with Crippen molar-refractivity contribution in [2.24, 2.45) is 5.41 Å². The Kier molecular flexibility index (Phi) is 7.81. The summed E-state index contributed by atoms with van der Waals surface area (Å²) < 4.78 is 5.71. The smallest absolute Gasteiger partial charge is 0.266 e. The zero-order valence-corrected chi connectivity index (χ0v) is 18.9. The molecular weight excluding hydrogens is 386 g/mol. The monoisotopic (exact) mass is 417 g/mol. The Bertz CT molecular complexity index is 836. The summed E-state index contributed by atoms with van der Waals surface area (Å²) in [5, 5.41) is 6.46. The second-order valence-corrected chi connectivity index (χ2v) is 9.36. The van der Waals surface area contributed by atoms with Crippen LogP contribution in [0.2, 0.25) is 0 Å². The van der Waals surface area contributed by atoms with Gasteiger partial charge < -0.3 is 20.3 Å². The first-order valence-corrected chi connectivity index (χ1v) is 10.5. The van der Waals surface area contributed by atoms with Crippen molar-refractivity contribution in [3.63, 3.8) is 0 Å². The Morgan fingerprint density at radius 1 is 1.10 bits per heavy atom. The number of anilines is 2. The van der Waals surface area contributed by atoms with E-state index >= 15 is 0 Å². The lowest BCUT2D eigenvalue weighted by atomic mass is 9.96. The summed E-state index contributed by atoms with van der Waals surface area (Å²) in [6, 6.07) is 9.17. The lowest BCUT2D eigenvalue weighted by molar-refractivity contribution is -0.123. The maximum atomic E-state index is 12.6. The van der Waals surface area contributed by atoms with Gasteiger partial charge in [0.2, 0.25) is 5.91 Å². The number of ether oxygens (including phenoxy) is 1.